The minimum atomic E-state index is -0.296. The van der Waals surface area contributed by atoms with E-state index in [1.807, 2.05) is 12.1 Å². The number of anilines is 1. The van der Waals surface area contributed by atoms with Crippen molar-refractivity contribution in [2.75, 3.05) is 18.5 Å². The van der Waals surface area contributed by atoms with Gasteiger partial charge in [0, 0.05) is 11.8 Å². The molecule has 156 valence electrons. The Bertz CT molecular complexity index is 1130. The first kappa shape index (κ1) is 19.2. The highest BCUT2D eigenvalue weighted by Gasteiger charge is 2.48. The van der Waals surface area contributed by atoms with Crippen LogP contribution in [0.4, 0.5) is 5.95 Å². The molecular formula is C22H19N5O4. The number of amides is 1. The van der Waals surface area contributed by atoms with E-state index in [0.29, 0.717) is 30.4 Å². The van der Waals surface area contributed by atoms with Gasteiger partial charge in [0.05, 0.1) is 48.9 Å². The highest BCUT2D eigenvalue weighted by molar-refractivity contribution is 5.91. The van der Waals surface area contributed by atoms with Crippen molar-refractivity contribution in [2.24, 2.45) is 0 Å². The molecule has 0 spiro atoms. The molecule has 1 amide bonds. The zero-order valence-corrected chi connectivity index (χ0v) is 16.4. The predicted molar refractivity (Wildman–Crippen MR) is 109 cm³/mol. The quantitative estimate of drug-likeness (QED) is 0.646. The number of nitrogens with zero attached hydrogens (tertiary/aromatic N) is 3. The first-order chi connectivity index (χ1) is 15.2. The van der Waals surface area contributed by atoms with Crippen molar-refractivity contribution in [1.29, 1.82) is 5.26 Å². The Morgan fingerprint density at radius 1 is 1.10 bits per heavy atom. The van der Waals surface area contributed by atoms with Crippen molar-refractivity contribution >= 4 is 11.9 Å². The van der Waals surface area contributed by atoms with Crippen LogP contribution in [0, 0.1) is 11.3 Å². The van der Waals surface area contributed by atoms with E-state index in [4.69, 9.17) is 19.2 Å². The van der Waals surface area contributed by atoms with Gasteiger partial charge in [-0.3, -0.25) is 4.79 Å². The Hall–Kier alpha value is -3.74. The molecule has 5 rings (SSSR count). The summed E-state index contributed by atoms with van der Waals surface area (Å²) in [5, 5.41) is 15.3. The summed E-state index contributed by atoms with van der Waals surface area (Å²) in [5.41, 5.74) is 2.11. The number of benzene rings is 1. The zero-order chi connectivity index (χ0) is 21.2. The second kappa shape index (κ2) is 8.18. The van der Waals surface area contributed by atoms with Gasteiger partial charge in [0.15, 0.2) is 5.76 Å². The van der Waals surface area contributed by atoms with Crippen LogP contribution >= 0.6 is 0 Å². The normalized spacial score (nSPS) is 24.4. The van der Waals surface area contributed by atoms with Crippen LogP contribution in [0.5, 0.6) is 0 Å². The van der Waals surface area contributed by atoms with E-state index in [1.54, 1.807) is 36.5 Å². The maximum Gasteiger partial charge on any atom is 0.287 e. The van der Waals surface area contributed by atoms with E-state index in [1.165, 1.54) is 6.26 Å². The van der Waals surface area contributed by atoms with Crippen LogP contribution in [0.3, 0.4) is 0 Å². The summed E-state index contributed by atoms with van der Waals surface area (Å²) >= 11 is 0. The van der Waals surface area contributed by atoms with Crippen molar-refractivity contribution < 1.29 is 18.7 Å². The second-order valence-electron chi connectivity index (χ2n) is 7.36. The summed E-state index contributed by atoms with van der Waals surface area (Å²) in [5.74, 6) is 0.400. The van der Waals surface area contributed by atoms with Gasteiger partial charge < -0.3 is 24.5 Å². The topological polar surface area (TPSA) is 122 Å². The van der Waals surface area contributed by atoms with Crippen molar-refractivity contribution in [1.82, 2.24) is 15.3 Å². The van der Waals surface area contributed by atoms with Crippen LogP contribution in [0.2, 0.25) is 0 Å². The van der Waals surface area contributed by atoms with Crippen molar-refractivity contribution in [3.05, 3.63) is 66.2 Å². The molecular weight excluding hydrogens is 398 g/mol. The lowest BCUT2D eigenvalue weighted by atomic mass is 10.1. The largest absolute Gasteiger partial charge is 0.459 e. The smallest absolute Gasteiger partial charge is 0.287 e. The molecule has 1 aromatic carbocycles. The van der Waals surface area contributed by atoms with Gasteiger partial charge in [-0.15, -0.1) is 0 Å². The number of rotatable bonds is 5. The zero-order valence-electron chi connectivity index (χ0n) is 16.4. The Labute approximate surface area is 178 Å². The third-order valence-corrected chi connectivity index (χ3v) is 5.37. The molecule has 0 bridgehead atoms. The first-order valence-corrected chi connectivity index (χ1v) is 9.89. The van der Waals surface area contributed by atoms with E-state index in [0.717, 1.165) is 5.56 Å². The number of hydrogen-bond acceptors (Lipinski definition) is 8. The lowest BCUT2D eigenvalue weighted by Crippen LogP contribution is -2.44. The summed E-state index contributed by atoms with van der Waals surface area (Å²) in [6.07, 6.45) is 2.61. The molecule has 0 aliphatic carbocycles. The van der Waals surface area contributed by atoms with Crippen LogP contribution in [0.25, 0.3) is 11.3 Å². The summed E-state index contributed by atoms with van der Waals surface area (Å²) in [4.78, 5) is 21.1. The molecule has 4 heterocycles. The average molecular weight is 417 g/mol. The maximum absolute atomic E-state index is 12.3. The fourth-order valence-electron chi connectivity index (χ4n) is 3.90. The van der Waals surface area contributed by atoms with Crippen molar-refractivity contribution in [2.45, 2.75) is 24.3 Å². The fourth-order valence-corrected chi connectivity index (χ4v) is 3.90. The molecule has 2 aliphatic heterocycles. The lowest BCUT2D eigenvalue weighted by Gasteiger charge is -2.18. The minimum absolute atomic E-state index is 0.156. The molecule has 9 heteroatoms. The number of furan rings is 1. The van der Waals surface area contributed by atoms with Gasteiger partial charge in [0.1, 0.15) is 12.2 Å². The van der Waals surface area contributed by atoms with E-state index >= 15 is 0 Å². The van der Waals surface area contributed by atoms with Gasteiger partial charge >= 0.3 is 0 Å². The molecule has 9 nitrogen and oxygen atoms in total. The van der Waals surface area contributed by atoms with Crippen LogP contribution in [0.1, 0.15) is 16.1 Å². The number of aromatic nitrogens is 2. The minimum Gasteiger partial charge on any atom is -0.459 e. The van der Waals surface area contributed by atoms with Gasteiger partial charge in [-0.1, -0.05) is 12.1 Å². The monoisotopic (exact) mass is 417 g/mol. The molecule has 31 heavy (non-hydrogen) atoms. The summed E-state index contributed by atoms with van der Waals surface area (Å²) in [6, 6.07) is 14.0. The maximum atomic E-state index is 12.3. The van der Waals surface area contributed by atoms with Gasteiger partial charge in [-0.25, -0.2) is 9.97 Å². The van der Waals surface area contributed by atoms with Crippen molar-refractivity contribution in [3.63, 3.8) is 0 Å². The summed E-state index contributed by atoms with van der Waals surface area (Å²) in [7, 11) is 0. The lowest BCUT2D eigenvalue weighted by molar-refractivity contribution is 0.0646. The molecule has 2 aromatic heterocycles. The van der Waals surface area contributed by atoms with Gasteiger partial charge in [0.2, 0.25) is 5.95 Å². The Morgan fingerprint density at radius 3 is 2.74 bits per heavy atom. The predicted octanol–water partition coefficient (Wildman–Crippen LogP) is 1.98. The molecule has 4 atom stereocenters. The third-order valence-electron chi connectivity index (χ3n) is 5.37. The molecule has 4 unspecified atom stereocenters. The third kappa shape index (κ3) is 3.86. The number of nitriles is 1. The molecule has 2 N–H and O–H groups in total. The van der Waals surface area contributed by atoms with Crippen LogP contribution in [-0.2, 0) is 9.47 Å². The molecule has 3 aromatic rings. The van der Waals surface area contributed by atoms with Crippen LogP contribution < -0.4 is 10.6 Å². The summed E-state index contributed by atoms with van der Waals surface area (Å²) < 4.78 is 17.0. The Kier molecular flexibility index (Phi) is 5.08. The number of nitrogens with one attached hydrogen (secondary N) is 2. The number of ether oxygens (including phenoxy) is 2. The van der Waals surface area contributed by atoms with Gasteiger partial charge in [0.25, 0.3) is 5.91 Å². The average Bonchev–Trinajstić information content (AvgIpc) is 3.55. The van der Waals surface area contributed by atoms with Gasteiger partial charge in [-0.2, -0.15) is 5.26 Å². The van der Waals surface area contributed by atoms with E-state index in [2.05, 4.69) is 26.7 Å². The van der Waals surface area contributed by atoms with Crippen LogP contribution in [-0.4, -0.2) is 53.4 Å². The van der Waals surface area contributed by atoms with E-state index < -0.39 is 0 Å². The second-order valence-corrected chi connectivity index (χ2v) is 7.36. The molecule has 2 saturated heterocycles. The Morgan fingerprint density at radius 2 is 1.94 bits per heavy atom. The standard InChI is InChI=1S/C22H19N5O4/c23-10-13-3-1-4-14(9-13)15-6-7-24-22(26-15)27-17-12-31-19-16(11-30-20(17)19)25-21(28)18-5-2-8-29-18/h1-9,16-17,19-20H,11-12H2,(H,25,28)(H,24,26,27). The fraction of sp³-hybridized carbons (Fsp3) is 0.273. The molecule has 0 radical (unpaired) electrons. The molecule has 2 fully saturated rings. The SMILES string of the molecule is N#Cc1cccc(-c2ccnc(NC3COC4C(NC(=O)c5ccco5)COC34)n2)c1. The first-order valence-electron chi connectivity index (χ1n) is 9.89. The van der Waals surface area contributed by atoms with E-state index in [9.17, 15) is 4.79 Å². The number of carbonyl (C=O) groups is 1. The number of carbonyl (C=O) groups excluding carboxylic acids is 1. The number of fused-ring (bicyclic) bond motifs is 1. The molecule has 0 saturated carbocycles. The van der Waals surface area contributed by atoms with E-state index in [-0.39, 0.29) is 36.0 Å². The van der Waals surface area contributed by atoms with Crippen molar-refractivity contribution in [3.8, 4) is 17.3 Å². The number of hydrogen-bond donors (Lipinski definition) is 2. The Balaban J connectivity index is 1.26. The highest BCUT2D eigenvalue weighted by atomic mass is 16.6. The highest BCUT2D eigenvalue weighted by Crippen LogP contribution is 2.29. The van der Waals surface area contributed by atoms with Gasteiger partial charge in [-0.05, 0) is 30.3 Å². The summed E-state index contributed by atoms with van der Waals surface area (Å²) in [6.45, 7) is 0.752. The van der Waals surface area contributed by atoms with Crippen LogP contribution in [0.15, 0.2) is 59.3 Å². The molecule has 2 aliphatic rings.